The van der Waals surface area contributed by atoms with Crippen LogP contribution in [0, 0.1) is 0 Å². The first kappa shape index (κ1) is 23.4. The minimum Gasteiger partial charge on any atom is -0.459 e. The number of hydrogen-bond acceptors (Lipinski definition) is 10. The number of piperazine rings is 1. The highest BCUT2D eigenvalue weighted by molar-refractivity contribution is 5.91. The Morgan fingerprint density at radius 2 is 1.62 bits per heavy atom. The predicted molar refractivity (Wildman–Crippen MR) is 145 cm³/mol. The van der Waals surface area contributed by atoms with Crippen LogP contribution in [-0.4, -0.2) is 76.1 Å². The molecule has 0 aliphatic carbocycles. The van der Waals surface area contributed by atoms with E-state index in [-0.39, 0.29) is 0 Å². The maximum atomic E-state index is 5.96. The Morgan fingerprint density at radius 1 is 0.838 bits per heavy atom. The van der Waals surface area contributed by atoms with Gasteiger partial charge in [-0.1, -0.05) is 0 Å². The van der Waals surface area contributed by atoms with Crippen LogP contribution in [0.5, 0.6) is 6.01 Å². The van der Waals surface area contributed by atoms with Crippen LogP contribution in [0.4, 0.5) is 23.1 Å². The second-order valence-electron chi connectivity index (χ2n) is 9.57. The van der Waals surface area contributed by atoms with Gasteiger partial charge in [0.1, 0.15) is 24.1 Å². The van der Waals surface area contributed by atoms with Crippen molar-refractivity contribution in [2.24, 2.45) is 0 Å². The molecular weight excluding hydrogens is 466 g/mol. The van der Waals surface area contributed by atoms with E-state index in [1.807, 2.05) is 30.5 Å². The van der Waals surface area contributed by atoms with Crippen molar-refractivity contribution in [3.8, 4) is 6.01 Å². The van der Waals surface area contributed by atoms with Crippen LogP contribution in [0.1, 0.15) is 18.4 Å². The average Bonchev–Trinajstić information content (AvgIpc) is 3.48. The maximum Gasteiger partial charge on any atom is 0.319 e. The Morgan fingerprint density at radius 3 is 2.38 bits per heavy atom. The first-order valence-corrected chi connectivity index (χ1v) is 12.8. The number of anilines is 4. The molecule has 190 valence electrons. The zero-order chi connectivity index (χ0) is 25.0. The molecule has 1 N–H and O–H groups in total. The Kier molecular flexibility index (Phi) is 6.64. The third kappa shape index (κ3) is 5.39. The molecule has 0 spiro atoms. The fourth-order valence-electron chi connectivity index (χ4n) is 4.77. The Labute approximate surface area is 216 Å². The van der Waals surface area contributed by atoms with Crippen LogP contribution < -0.4 is 19.9 Å². The molecule has 2 fully saturated rings. The van der Waals surface area contributed by atoms with E-state index in [1.165, 1.54) is 0 Å². The highest BCUT2D eigenvalue weighted by Gasteiger charge is 2.20. The summed E-state index contributed by atoms with van der Waals surface area (Å²) in [6, 6.07) is 10.3. The quantitative estimate of drug-likeness (QED) is 0.409. The van der Waals surface area contributed by atoms with E-state index < -0.39 is 0 Å². The smallest absolute Gasteiger partial charge is 0.319 e. The van der Waals surface area contributed by atoms with Crippen LogP contribution in [-0.2, 0) is 6.61 Å². The summed E-state index contributed by atoms with van der Waals surface area (Å²) < 4.78 is 5.96. The Bertz CT molecular complexity index is 1340. The molecule has 2 saturated heterocycles. The fraction of sp³-hybridized carbons (Fsp3) is 0.370. The molecule has 6 rings (SSSR count). The largest absolute Gasteiger partial charge is 0.459 e. The molecule has 10 heteroatoms. The number of nitrogens with zero attached hydrogens (tertiary/aromatic N) is 8. The van der Waals surface area contributed by atoms with Gasteiger partial charge >= 0.3 is 6.01 Å². The van der Waals surface area contributed by atoms with Crippen LogP contribution >= 0.6 is 0 Å². The summed E-state index contributed by atoms with van der Waals surface area (Å²) in [5.74, 6) is 2.35. The van der Waals surface area contributed by atoms with Crippen LogP contribution in [0.3, 0.4) is 0 Å². The van der Waals surface area contributed by atoms with Crippen molar-refractivity contribution < 1.29 is 4.74 Å². The van der Waals surface area contributed by atoms with Crippen molar-refractivity contribution in [3.05, 3.63) is 60.7 Å². The molecule has 0 radical (unpaired) electrons. The van der Waals surface area contributed by atoms with E-state index in [0.29, 0.717) is 18.4 Å². The molecule has 4 aromatic rings. The lowest BCUT2D eigenvalue weighted by Crippen LogP contribution is -2.44. The second kappa shape index (κ2) is 10.5. The fourth-order valence-corrected chi connectivity index (χ4v) is 4.77. The lowest BCUT2D eigenvalue weighted by atomic mass is 10.2. The molecule has 37 heavy (non-hydrogen) atoms. The average molecular weight is 498 g/mol. The molecular formula is C27H31N9O. The monoisotopic (exact) mass is 497 g/mol. The first-order valence-electron chi connectivity index (χ1n) is 12.8. The molecule has 0 saturated carbocycles. The zero-order valence-electron chi connectivity index (χ0n) is 21.0. The van der Waals surface area contributed by atoms with E-state index in [0.717, 1.165) is 85.9 Å². The van der Waals surface area contributed by atoms with Gasteiger partial charge in [-0.25, -0.2) is 9.97 Å². The standard InChI is InChI=1S/C27H31N9O/c1-34-12-14-35(15-13-34)21-4-5-24(29-17-21)32-25-16-22-23(18-30-25)31-27(33-26(22)36-10-2-3-11-36)37-19-20-6-8-28-9-7-20/h4-9,16-18H,2-3,10-15,19H2,1H3,(H,29,30,32). The number of likely N-dealkylation sites (N-methyl/N-ethyl adjacent to an activating group) is 1. The highest BCUT2D eigenvalue weighted by Crippen LogP contribution is 2.31. The maximum absolute atomic E-state index is 5.96. The summed E-state index contributed by atoms with van der Waals surface area (Å²) >= 11 is 0. The minimum atomic E-state index is 0.356. The molecule has 0 atom stereocenters. The van der Waals surface area contributed by atoms with Crippen molar-refractivity contribution in [2.75, 3.05) is 61.4 Å². The van der Waals surface area contributed by atoms with Gasteiger partial charge in [-0.15, -0.1) is 0 Å². The Hall–Kier alpha value is -4.05. The summed E-state index contributed by atoms with van der Waals surface area (Å²) in [5.41, 5.74) is 2.92. The van der Waals surface area contributed by atoms with Gasteiger partial charge < -0.3 is 24.8 Å². The molecule has 2 aliphatic heterocycles. The van der Waals surface area contributed by atoms with Gasteiger partial charge in [0, 0.05) is 57.0 Å². The molecule has 0 unspecified atom stereocenters. The van der Waals surface area contributed by atoms with Gasteiger partial charge in [0.2, 0.25) is 0 Å². The van der Waals surface area contributed by atoms with Gasteiger partial charge in [-0.3, -0.25) is 4.98 Å². The SMILES string of the molecule is CN1CCN(c2ccc(Nc3cc4c(N5CCCC5)nc(OCc5ccncc5)nc4cn3)nc2)CC1. The highest BCUT2D eigenvalue weighted by atomic mass is 16.5. The topological polar surface area (TPSA) is 95.4 Å². The first-order chi connectivity index (χ1) is 18.2. The summed E-state index contributed by atoms with van der Waals surface area (Å²) in [4.78, 5) is 29.8. The summed E-state index contributed by atoms with van der Waals surface area (Å²) in [6.07, 6.45) is 9.51. The summed E-state index contributed by atoms with van der Waals surface area (Å²) in [5, 5.41) is 4.30. The number of rotatable bonds is 7. The summed E-state index contributed by atoms with van der Waals surface area (Å²) in [7, 11) is 2.16. The zero-order valence-corrected chi connectivity index (χ0v) is 21.0. The van der Waals surface area contributed by atoms with Gasteiger partial charge in [-0.2, -0.15) is 9.97 Å². The number of nitrogens with one attached hydrogen (secondary N) is 1. The lowest BCUT2D eigenvalue weighted by molar-refractivity contribution is 0.282. The van der Waals surface area contributed by atoms with Crippen LogP contribution in [0.25, 0.3) is 10.9 Å². The van der Waals surface area contributed by atoms with Crippen molar-refractivity contribution in [3.63, 3.8) is 0 Å². The van der Waals surface area contributed by atoms with E-state index in [2.05, 4.69) is 53.1 Å². The van der Waals surface area contributed by atoms with Gasteiger partial charge in [0.25, 0.3) is 0 Å². The number of fused-ring (bicyclic) bond motifs is 1. The van der Waals surface area contributed by atoms with Gasteiger partial charge in [-0.05, 0) is 55.8 Å². The number of pyridine rings is 3. The third-order valence-electron chi connectivity index (χ3n) is 6.94. The van der Waals surface area contributed by atoms with Gasteiger partial charge in [0.15, 0.2) is 0 Å². The van der Waals surface area contributed by atoms with E-state index >= 15 is 0 Å². The third-order valence-corrected chi connectivity index (χ3v) is 6.94. The number of aromatic nitrogens is 5. The van der Waals surface area contributed by atoms with E-state index in [4.69, 9.17) is 9.72 Å². The predicted octanol–water partition coefficient (Wildman–Crippen LogP) is 3.49. The van der Waals surface area contributed by atoms with Crippen molar-refractivity contribution in [1.29, 1.82) is 0 Å². The number of ether oxygens (including phenoxy) is 1. The van der Waals surface area contributed by atoms with E-state index in [1.54, 1.807) is 18.6 Å². The van der Waals surface area contributed by atoms with Crippen molar-refractivity contribution >= 4 is 34.0 Å². The van der Waals surface area contributed by atoms with Crippen LogP contribution in [0.15, 0.2) is 55.1 Å². The molecule has 2 aliphatic rings. The van der Waals surface area contributed by atoms with Crippen molar-refractivity contribution in [1.82, 2.24) is 29.8 Å². The Balaban J connectivity index is 1.23. The number of hydrogen-bond donors (Lipinski definition) is 1. The molecule has 10 nitrogen and oxygen atoms in total. The van der Waals surface area contributed by atoms with Crippen molar-refractivity contribution in [2.45, 2.75) is 19.4 Å². The molecule has 0 amide bonds. The molecule has 0 aromatic carbocycles. The second-order valence-corrected chi connectivity index (χ2v) is 9.57. The minimum absolute atomic E-state index is 0.356. The van der Waals surface area contributed by atoms with E-state index in [9.17, 15) is 0 Å². The molecule has 4 aromatic heterocycles. The lowest BCUT2D eigenvalue weighted by Gasteiger charge is -2.33. The van der Waals surface area contributed by atoms with Crippen LogP contribution in [0.2, 0.25) is 0 Å². The summed E-state index contributed by atoms with van der Waals surface area (Å²) in [6.45, 7) is 6.50. The molecule has 6 heterocycles. The normalized spacial score (nSPS) is 16.4. The molecule has 0 bridgehead atoms. The van der Waals surface area contributed by atoms with Gasteiger partial charge in [0.05, 0.1) is 23.6 Å².